The minimum Gasteiger partial charge on any atom is -0.466 e. The molecule has 162 valence electrons. The zero-order valence-electron chi connectivity index (χ0n) is 17.5. The number of hydrogen-bond donors (Lipinski definition) is 3. The van der Waals surface area contributed by atoms with Gasteiger partial charge >= 0.3 is 5.97 Å². The van der Waals surface area contributed by atoms with E-state index in [1.165, 1.54) is 12.1 Å². The Morgan fingerprint density at radius 3 is 2.24 bits per heavy atom. The van der Waals surface area contributed by atoms with Crippen molar-refractivity contribution < 1.29 is 27.6 Å². The molecular formula is C20H32N3O5S+. The van der Waals surface area contributed by atoms with E-state index in [-0.39, 0.29) is 34.8 Å². The number of anilines is 1. The monoisotopic (exact) mass is 426 g/mol. The van der Waals surface area contributed by atoms with Gasteiger partial charge in [-0.05, 0) is 52.0 Å². The van der Waals surface area contributed by atoms with Crippen LogP contribution in [0.4, 0.5) is 5.69 Å². The lowest BCUT2D eigenvalue weighted by Gasteiger charge is -2.31. The molecule has 0 spiro atoms. The fourth-order valence-electron chi connectivity index (χ4n) is 3.45. The van der Waals surface area contributed by atoms with Crippen LogP contribution in [-0.2, 0) is 24.3 Å². The number of piperidine rings is 1. The lowest BCUT2D eigenvalue weighted by Crippen LogP contribution is -3.17. The van der Waals surface area contributed by atoms with Gasteiger partial charge in [0.2, 0.25) is 10.0 Å². The average molecular weight is 427 g/mol. The highest BCUT2D eigenvalue weighted by Gasteiger charge is 2.33. The molecule has 1 heterocycles. The topological polar surface area (TPSA) is 106 Å². The molecule has 0 saturated carbocycles. The maximum Gasteiger partial charge on any atom is 0.309 e. The molecule has 1 amide bonds. The van der Waals surface area contributed by atoms with Crippen LogP contribution in [0.2, 0.25) is 0 Å². The van der Waals surface area contributed by atoms with Crippen molar-refractivity contribution in [3.63, 3.8) is 0 Å². The first-order chi connectivity index (χ1) is 13.6. The third kappa shape index (κ3) is 6.52. The van der Waals surface area contributed by atoms with Crippen molar-refractivity contribution in [1.29, 1.82) is 0 Å². The molecule has 3 N–H and O–H groups in total. The molecule has 1 aromatic rings. The van der Waals surface area contributed by atoms with Gasteiger partial charge in [0.15, 0.2) is 6.04 Å². The highest BCUT2D eigenvalue weighted by Crippen LogP contribution is 2.15. The molecule has 0 radical (unpaired) electrons. The standard InChI is InChI=1S/C20H31N3O5S/c1-5-28-20(25)16-10-12-23(13-11-16)15(4)19(24)21-17-6-8-18(9-7-17)29(26,27)22-14(2)3/h6-9,14-16,22H,5,10-13H2,1-4H3,(H,21,24)/p+1/t15-/m0/s1. The lowest BCUT2D eigenvalue weighted by atomic mass is 9.96. The third-order valence-electron chi connectivity index (χ3n) is 5.08. The normalized spacial score (nSPS) is 20.9. The molecule has 29 heavy (non-hydrogen) atoms. The fourth-order valence-corrected chi connectivity index (χ4v) is 4.70. The minimum absolute atomic E-state index is 0.0806. The van der Waals surface area contributed by atoms with E-state index in [4.69, 9.17) is 4.74 Å². The summed E-state index contributed by atoms with van der Waals surface area (Å²) in [5, 5.41) is 2.85. The van der Waals surface area contributed by atoms with Gasteiger partial charge in [-0.2, -0.15) is 0 Å². The quantitative estimate of drug-likeness (QED) is 0.527. The summed E-state index contributed by atoms with van der Waals surface area (Å²) >= 11 is 0. The van der Waals surface area contributed by atoms with Gasteiger partial charge in [0, 0.05) is 24.6 Å². The van der Waals surface area contributed by atoms with E-state index >= 15 is 0 Å². The van der Waals surface area contributed by atoms with Gasteiger partial charge in [-0.1, -0.05) is 0 Å². The summed E-state index contributed by atoms with van der Waals surface area (Å²) < 4.78 is 32.0. The lowest BCUT2D eigenvalue weighted by molar-refractivity contribution is -0.919. The Morgan fingerprint density at radius 1 is 1.14 bits per heavy atom. The molecule has 2 rings (SSSR count). The number of ether oxygens (including phenoxy) is 1. The van der Waals surface area contributed by atoms with Crippen molar-refractivity contribution in [2.75, 3.05) is 25.0 Å². The molecule has 9 heteroatoms. The van der Waals surface area contributed by atoms with E-state index in [9.17, 15) is 18.0 Å². The summed E-state index contributed by atoms with van der Waals surface area (Å²) in [7, 11) is -3.56. The van der Waals surface area contributed by atoms with E-state index < -0.39 is 10.0 Å². The number of hydrogen-bond acceptors (Lipinski definition) is 5. The van der Waals surface area contributed by atoms with Gasteiger partial charge in [-0.25, -0.2) is 13.1 Å². The van der Waals surface area contributed by atoms with Crippen molar-refractivity contribution in [2.24, 2.45) is 5.92 Å². The van der Waals surface area contributed by atoms with Crippen LogP contribution in [0.1, 0.15) is 40.5 Å². The van der Waals surface area contributed by atoms with Gasteiger partial charge < -0.3 is 15.0 Å². The van der Waals surface area contributed by atoms with Gasteiger partial charge in [0.05, 0.1) is 30.5 Å². The largest absolute Gasteiger partial charge is 0.466 e. The molecule has 1 aromatic carbocycles. The summed E-state index contributed by atoms with van der Waals surface area (Å²) in [5.74, 6) is -0.362. The second-order valence-electron chi connectivity index (χ2n) is 7.70. The zero-order chi connectivity index (χ0) is 21.6. The highest BCUT2D eigenvalue weighted by atomic mass is 32.2. The van der Waals surface area contributed by atoms with Crippen molar-refractivity contribution in [2.45, 2.75) is 57.5 Å². The molecular weight excluding hydrogens is 394 g/mol. The molecule has 8 nitrogen and oxygen atoms in total. The maximum atomic E-state index is 12.6. The van der Waals surface area contributed by atoms with Crippen molar-refractivity contribution in [1.82, 2.24) is 4.72 Å². The smallest absolute Gasteiger partial charge is 0.309 e. The number of esters is 1. The van der Waals surface area contributed by atoms with Crippen LogP contribution in [0.5, 0.6) is 0 Å². The molecule has 1 fully saturated rings. The predicted octanol–water partition coefficient (Wildman–Crippen LogP) is 0.558. The molecule has 0 unspecified atom stereocenters. The van der Waals surface area contributed by atoms with Crippen molar-refractivity contribution in [3.8, 4) is 0 Å². The Hall–Kier alpha value is -1.97. The Morgan fingerprint density at radius 2 is 1.72 bits per heavy atom. The van der Waals surface area contributed by atoms with E-state index in [1.807, 2.05) is 6.92 Å². The van der Waals surface area contributed by atoms with E-state index in [2.05, 4.69) is 10.0 Å². The SMILES string of the molecule is CCOC(=O)C1CC[NH+]([C@@H](C)C(=O)Nc2ccc(S(=O)(=O)NC(C)C)cc2)CC1. The number of quaternary nitrogens is 1. The molecule has 0 aliphatic carbocycles. The number of benzene rings is 1. The molecule has 1 aliphatic heterocycles. The highest BCUT2D eigenvalue weighted by molar-refractivity contribution is 7.89. The molecule has 1 aliphatic rings. The number of carbonyl (C=O) groups is 2. The van der Waals surface area contributed by atoms with Crippen LogP contribution in [0.15, 0.2) is 29.2 Å². The second-order valence-corrected chi connectivity index (χ2v) is 9.41. The van der Waals surface area contributed by atoms with Crippen LogP contribution in [-0.4, -0.2) is 52.1 Å². The Labute approximate surface area is 173 Å². The Bertz CT molecular complexity index is 800. The van der Waals surface area contributed by atoms with E-state index in [1.54, 1.807) is 32.9 Å². The minimum atomic E-state index is -3.56. The summed E-state index contributed by atoms with van der Waals surface area (Å²) in [6.07, 6.45) is 1.42. The summed E-state index contributed by atoms with van der Waals surface area (Å²) in [5.41, 5.74) is 0.547. The zero-order valence-corrected chi connectivity index (χ0v) is 18.3. The molecule has 0 aromatic heterocycles. The predicted molar refractivity (Wildman–Crippen MR) is 110 cm³/mol. The molecule has 1 atom stereocenters. The first-order valence-electron chi connectivity index (χ1n) is 10.1. The fraction of sp³-hybridized carbons (Fsp3) is 0.600. The van der Waals surface area contributed by atoms with Crippen LogP contribution in [0.25, 0.3) is 0 Å². The van der Waals surface area contributed by atoms with E-state index in [0.29, 0.717) is 25.1 Å². The number of rotatable bonds is 8. The van der Waals surface area contributed by atoms with Gasteiger partial charge in [-0.3, -0.25) is 9.59 Å². The number of sulfonamides is 1. The summed E-state index contributed by atoms with van der Waals surface area (Å²) in [4.78, 5) is 25.7. The summed E-state index contributed by atoms with van der Waals surface area (Å²) in [6, 6.07) is 5.65. The first-order valence-corrected chi connectivity index (χ1v) is 11.6. The summed E-state index contributed by atoms with van der Waals surface area (Å²) in [6.45, 7) is 9.02. The number of likely N-dealkylation sites (tertiary alicyclic amines) is 1. The number of amides is 1. The van der Waals surface area contributed by atoms with Crippen LogP contribution < -0.4 is 14.9 Å². The van der Waals surface area contributed by atoms with Crippen LogP contribution in [0, 0.1) is 5.92 Å². The third-order valence-corrected chi connectivity index (χ3v) is 6.75. The first kappa shape index (κ1) is 23.3. The molecule has 1 saturated heterocycles. The van der Waals surface area contributed by atoms with Crippen LogP contribution in [0.3, 0.4) is 0 Å². The van der Waals surface area contributed by atoms with Crippen molar-refractivity contribution >= 4 is 27.6 Å². The number of carbonyl (C=O) groups excluding carboxylic acids is 2. The molecule has 0 bridgehead atoms. The van der Waals surface area contributed by atoms with E-state index in [0.717, 1.165) is 18.0 Å². The van der Waals surface area contributed by atoms with Gasteiger partial charge in [-0.15, -0.1) is 0 Å². The average Bonchev–Trinajstić information content (AvgIpc) is 2.67. The second kappa shape index (κ2) is 10.2. The van der Waals surface area contributed by atoms with Gasteiger partial charge in [0.25, 0.3) is 5.91 Å². The van der Waals surface area contributed by atoms with Crippen LogP contribution >= 0.6 is 0 Å². The van der Waals surface area contributed by atoms with Crippen molar-refractivity contribution in [3.05, 3.63) is 24.3 Å². The Kier molecular flexibility index (Phi) is 8.18. The number of nitrogens with one attached hydrogen (secondary N) is 3. The van der Waals surface area contributed by atoms with Gasteiger partial charge in [0.1, 0.15) is 0 Å². The maximum absolute atomic E-state index is 12.6. The Balaban J connectivity index is 1.91.